The highest BCUT2D eigenvalue weighted by molar-refractivity contribution is 6.03. The van der Waals surface area contributed by atoms with E-state index in [1.54, 1.807) is 12.1 Å². The van der Waals surface area contributed by atoms with Crippen LogP contribution in [0, 0.1) is 0 Å². The van der Waals surface area contributed by atoms with Gasteiger partial charge in [0, 0.05) is 10.8 Å². The van der Waals surface area contributed by atoms with Crippen LogP contribution in [-0.2, 0) is 0 Å². The molecule has 1 aromatic carbocycles. The molecule has 0 fully saturated rings. The van der Waals surface area contributed by atoms with Gasteiger partial charge in [-0.15, -0.1) is 0 Å². The minimum atomic E-state index is -0.631. The molecule has 0 bridgehead atoms. The van der Waals surface area contributed by atoms with Gasteiger partial charge in [0.25, 0.3) is 0 Å². The van der Waals surface area contributed by atoms with Gasteiger partial charge in [-0.1, -0.05) is 12.1 Å². The Morgan fingerprint density at radius 2 is 1.88 bits per heavy atom. The summed E-state index contributed by atoms with van der Waals surface area (Å²) in [5.41, 5.74) is 0.328. The second kappa shape index (κ2) is 3.31. The van der Waals surface area contributed by atoms with Crippen LogP contribution in [0.5, 0.6) is 0 Å². The van der Waals surface area contributed by atoms with Crippen molar-refractivity contribution in [3.8, 4) is 0 Å². The molecule has 3 rings (SSSR count). The van der Waals surface area contributed by atoms with Crippen LogP contribution in [-0.4, -0.2) is 5.78 Å². The fourth-order valence-corrected chi connectivity index (χ4v) is 1.85. The van der Waals surface area contributed by atoms with E-state index in [2.05, 4.69) is 0 Å². The van der Waals surface area contributed by atoms with Crippen molar-refractivity contribution in [2.45, 2.75) is 6.92 Å². The van der Waals surface area contributed by atoms with Crippen LogP contribution in [0.3, 0.4) is 0 Å². The Labute approximate surface area is 95.4 Å². The van der Waals surface area contributed by atoms with Gasteiger partial charge in [0.2, 0.25) is 0 Å². The van der Waals surface area contributed by atoms with Crippen molar-refractivity contribution in [3.05, 3.63) is 46.5 Å². The molecule has 0 spiro atoms. The van der Waals surface area contributed by atoms with Crippen LogP contribution >= 0.6 is 0 Å². The van der Waals surface area contributed by atoms with Crippen molar-refractivity contribution >= 4 is 27.7 Å². The zero-order valence-corrected chi connectivity index (χ0v) is 9.02. The summed E-state index contributed by atoms with van der Waals surface area (Å²) in [6.45, 7) is 1.34. The second-order valence-electron chi connectivity index (χ2n) is 3.83. The number of carbonyl (C=O) groups is 1. The van der Waals surface area contributed by atoms with E-state index in [0.29, 0.717) is 16.6 Å². The van der Waals surface area contributed by atoms with E-state index in [0.717, 1.165) is 5.39 Å². The smallest absolute Gasteiger partial charge is 0.347 e. The number of ketones is 1. The highest BCUT2D eigenvalue weighted by atomic mass is 16.4. The summed E-state index contributed by atoms with van der Waals surface area (Å²) in [5.74, 6) is -0.305. The third-order valence-electron chi connectivity index (χ3n) is 2.70. The quantitative estimate of drug-likeness (QED) is 0.474. The highest BCUT2D eigenvalue weighted by Gasteiger charge is 2.12. The second-order valence-corrected chi connectivity index (χ2v) is 3.83. The molecular formula is C13H8O4. The normalized spacial score (nSPS) is 11.1. The van der Waals surface area contributed by atoms with Crippen molar-refractivity contribution < 1.29 is 13.6 Å². The standard InChI is InChI=1S/C13H8O4/c1-7(14)10-6-9-3-2-8-4-5-16-11(8)12(9)17-13(10)15/h2-6H,1H3. The maximum atomic E-state index is 11.6. The first-order chi connectivity index (χ1) is 8.16. The molecule has 17 heavy (non-hydrogen) atoms. The average molecular weight is 228 g/mol. The zero-order chi connectivity index (χ0) is 12.0. The van der Waals surface area contributed by atoms with Crippen LogP contribution in [0.4, 0.5) is 0 Å². The van der Waals surface area contributed by atoms with Gasteiger partial charge >= 0.3 is 5.63 Å². The van der Waals surface area contributed by atoms with Gasteiger partial charge < -0.3 is 8.83 Å². The third-order valence-corrected chi connectivity index (χ3v) is 2.70. The molecule has 4 nitrogen and oxygen atoms in total. The van der Waals surface area contributed by atoms with E-state index >= 15 is 0 Å². The summed E-state index contributed by atoms with van der Waals surface area (Å²) in [7, 11) is 0. The Kier molecular flexibility index (Phi) is 1.92. The molecule has 0 radical (unpaired) electrons. The number of Topliss-reactive ketones (excluding diaryl/α,β-unsaturated/α-hetero) is 1. The van der Waals surface area contributed by atoms with Crippen molar-refractivity contribution in [2.75, 3.05) is 0 Å². The molecule has 0 N–H and O–H groups in total. The fourth-order valence-electron chi connectivity index (χ4n) is 1.85. The molecule has 0 atom stereocenters. The first kappa shape index (κ1) is 9.84. The molecule has 3 aromatic rings. The van der Waals surface area contributed by atoms with Gasteiger partial charge in [-0.25, -0.2) is 4.79 Å². The number of hydrogen-bond donors (Lipinski definition) is 0. The molecule has 0 aliphatic heterocycles. The zero-order valence-electron chi connectivity index (χ0n) is 9.02. The monoisotopic (exact) mass is 228 g/mol. The summed E-state index contributed by atoms with van der Waals surface area (Å²) in [4.78, 5) is 22.9. The van der Waals surface area contributed by atoms with Gasteiger partial charge in [0.15, 0.2) is 16.9 Å². The van der Waals surface area contributed by atoms with E-state index < -0.39 is 5.63 Å². The predicted molar refractivity (Wildman–Crippen MR) is 62.3 cm³/mol. The lowest BCUT2D eigenvalue weighted by Crippen LogP contribution is -2.10. The van der Waals surface area contributed by atoms with Gasteiger partial charge in [-0.05, 0) is 19.1 Å². The SMILES string of the molecule is CC(=O)c1cc2ccc3ccoc3c2oc1=O. The highest BCUT2D eigenvalue weighted by Crippen LogP contribution is 2.25. The van der Waals surface area contributed by atoms with E-state index in [9.17, 15) is 9.59 Å². The molecular weight excluding hydrogens is 220 g/mol. The predicted octanol–water partition coefficient (Wildman–Crippen LogP) is 2.74. The third kappa shape index (κ3) is 1.38. The maximum Gasteiger partial charge on any atom is 0.347 e. The number of fused-ring (bicyclic) bond motifs is 3. The van der Waals surface area contributed by atoms with Crippen molar-refractivity contribution in [3.63, 3.8) is 0 Å². The summed E-state index contributed by atoms with van der Waals surface area (Å²) < 4.78 is 10.4. The summed E-state index contributed by atoms with van der Waals surface area (Å²) >= 11 is 0. The molecule has 4 heteroatoms. The molecule has 0 amide bonds. The molecule has 2 heterocycles. The lowest BCUT2D eigenvalue weighted by Gasteiger charge is -1.99. The van der Waals surface area contributed by atoms with Gasteiger partial charge in [0.05, 0.1) is 6.26 Å². The topological polar surface area (TPSA) is 60.4 Å². The van der Waals surface area contributed by atoms with Crippen LogP contribution in [0.25, 0.3) is 21.9 Å². The largest absolute Gasteiger partial charge is 0.460 e. The summed E-state index contributed by atoms with van der Waals surface area (Å²) in [5, 5.41) is 1.54. The van der Waals surface area contributed by atoms with Crippen LogP contribution < -0.4 is 5.63 Å². The van der Waals surface area contributed by atoms with Crippen LogP contribution in [0.2, 0.25) is 0 Å². The van der Waals surface area contributed by atoms with E-state index in [1.807, 2.05) is 6.07 Å². The molecule has 0 saturated heterocycles. The number of carbonyl (C=O) groups excluding carboxylic acids is 1. The van der Waals surface area contributed by atoms with Gasteiger partial charge in [-0.2, -0.15) is 0 Å². The lowest BCUT2D eigenvalue weighted by molar-refractivity contribution is 0.101. The molecule has 0 unspecified atom stereocenters. The fraction of sp³-hybridized carbons (Fsp3) is 0.0769. The molecule has 0 aliphatic rings. The molecule has 0 aliphatic carbocycles. The van der Waals surface area contributed by atoms with Gasteiger partial charge in [0.1, 0.15) is 5.56 Å². The Morgan fingerprint density at radius 1 is 1.12 bits per heavy atom. The minimum Gasteiger partial charge on any atom is -0.460 e. The van der Waals surface area contributed by atoms with E-state index in [1.165, 1.54) is 19.3 Å². The van der Waals surface area contributed by atoms with E-state index in [4.69, 9.17) is 8.83 Å². The minimum absolute atomic E-state index is 0.0587. The Balaban J connectivity index is 2.51. The Morgan fingerprint density at radius 3 is 2.65 bits per heavy atom. The van der Waals surface area contributed by atoms with Crippen molar-refractivity contribution in [1.29, 1.82) is 0 Å². The number of benzene rings is 1. The number of rotatable bonds is 1. The van der Waals surface area contributed by atoms with Crippen molar-refractivity contribution in [2.24, 2.45) is 0 Å². The first-order valence-corrected chi connectivity index (χ1v) is 5.12. The Bertz CT molecular complexity index is 792. The summed E-state index contributed by atoms with van der Waals surface area (Å²) in [6.07, 6.45) is 1.53. The van der Waals surface area contributed by atoms with Crippen LogP contribution in [0.15, 0.2) is 44.2 Å². The lowest BCUT2D eigenvalue weighted by atomic mass is 10.1. The van der Waals surface area contributed by atoms with Crippen LogP contribution in [0.1, 0.15) is 17.3 Å². The first-order valence-electron chi connectivity index (χ1n) is 5.12. The van der Waals surface area contributed by atoms with Gasteiger partial charge in [-0.3, -0.25) is 4.79 Å². The summed E-state index contributed by atoms with van der Waals surface area (Å²) in [6, 6.07) is 6.97. The average Bonchev–Trinajstić information content (AvgIpc) is 2.76. The molecule has 2 aromatic heterocycles. The van der Waals surface area contributed by atoms with Crippen molar-refractivity contribution in [1.82, 2.24) is 0 Å². The maximum absolute atomic E-state index is 11.6. The number of furan rings is 1. The van der Waals surface area contributed by atoms with E-state index in [-0.39, 0.29) is 11.3 Å². The Hall–Kier alpha value is -2.36. The molecule has 0 saturated carbocycles. The number of hydrogen-bond acceptors (Lipinski definition) is 4. The molecule has 84 valence electrons.